The summed E-state index contributed by atoms with van der Waals surface area (Å²) in [6, 6.07) is 12.5. The van der Waals surface area contributed by atoms with Gasteiger partial charge in [-0.2, -0.15) is 5.10 Å². The molecule has 0 spiro atoms. The standard InChI is InChI=1S/C22H20ClN3O4/c1-25(14-27)12-11-17(28)10-9-15-5-3-6-16(13-15)26-19-8-4-7-18(23)20(19)21(24-26)22(29)30-2/h3-8,13-14,17,28H,11-12H2,1-2H3. The van der Waals surface area contributed by atoms with Crippen LogP contribution in [0.4, 0.5) is 0 Å². The molecule has 0 aliphatic rings. The van der Waals surface area contributed by atoms with Crippen molar-refractivity contribution < 1.29 is 19.4 Å². The van der Waals surface area contributed by atoms with Gasteiger partial charge in [0.2, 0.25) is 6.41 Å². The molecule has 1 heterocycles. The van der Waals surface area contributed by atoms with Gasteiger partial charge in [-0.15, -0.1) is 0 Å². The minimum absolute atomic E-state index is 0.129. The largest absolute Gasteiger partial charge is 0.464 e. The number of hydrogen-bond acceptors (Lipinski definition) is 5. The second-order valence-electron chi connectivity index (χ2n) is 6.60. The predicted octanol–water partition coefficient (Wildman–Crippen LogP) is 2.66. The number of hydrogen-bond donors (Lipinski definition) is 1. The average molecular weight is 426 g/mol. The van der Waals surface area contributed by atoms with Crippen LogP contribution in [0.2, 0.25) is 5.02 Å². The van der Waals surface area contributed by atoms with Gasteiger partial charge in [0, 0.05) is 25.6 Å². The van der Waals surface area contributed by atoms with Crippen molar-refractivity contribution in [3.63, 3.8) is 0 Å². The number of amides is 1. The van der Waals surface area contributed by atoms with Crippen LogP contribution in [0, 0.1) is 11.8 Å². The third-order valence-corrected chi connectivity index (χ3v) is 4.76. The van der Waals surface area contributed by atoms with E-state index in [9.17, 15) is 14.7 Å². The highest BCUT2D eigenvalue weighted by molar-refractivity contribution is 6.36. The SMILES string of the molecule is COC(=O)c1nn(-c2cccc(C#CC(O)CCN(C)C=O)c2)c2cccc(Cl)c12. The molecule has 30 heavy (non-hydrogen) atoms. The Bertz CT molecular complexity index is 1150. The number of benzene rings is 2. The van der Waals surface area contributed by atoms with E-state index in [-0.39, 0.29) is 5.69 Å². The quantitative estimate of drug-likeness (QED) is 0.373. The van der Waals surface area contributed by atoms with Crippen molar-refractivity contribution in [3.05, 3.63) is 58.7 Å². The summed E-state index contributed by atoms with van der Waals surface area (Å²) in [7, 11) is 2.93. The first-order valence-corrected chi connectivity index (χ1v) is 9.53. The Morgan fingerprint density at radius 1 is 1.37 bits per heavy atom. The number of carbonyl (C=O) groups is 2. The van der Waals surface area contributed by atoms with Gasteiger partial charge in [0.05, 0.1) is 28.7 Å². The Balaban J connectivity index is 1.95. The van der Waals surface area contributed by atoms with Crippen molar-refractivity contribution in [3.8, 4) is 17.5 Å². The number of aliphatic hydroxyl groups is 1. The Kier molecular flexibility index (Phi) is 6.72. The fourth-order valence-electron chi connectivity index (χ4n) is 2.90. The molecule has 1 atom stereocenters. The van der Waals surface area contributed by atoms with Gasteiger partial charge in [0.25, 0.3) is 0 Å². The summed E-state index contributed by atoms with van der Waals surface area (Å²) < 4.78 is 6.44. The van der Waals surface area contributed by atoms with Crippen LogP contribution in [0.1, 0.15) is 22.5 Å². The van der Waals surface area contributed by atoms with Crippen molar-refractivity contribution >= 4 is 34.9 Å². The summed E-state index contributed by atoms with van der Waals surface area (Å²) in [5.41, 5.74) is 2.13. The van der Waals surface area contributed by atoms with Crippen LogP contribution < -0.4 is 0 Å². The van der Waals surface area contributed by atoms with E-state index in [1.165, 1.54) is 12.0 Å². The normalized spacial score (nSPS) is 11.5. The van der Waals surface area contributed by atoms with Crippen LogP contribution in [0.5, 0.6) is 0 Å². The molecule has 1 unspecified atom stereocenters. The Labute approximate surface area is 178 Å². The molecule has 3 rings (SSSR count). The van der Waals surface area contributed by atoms with Gasteiger partial charge in [-0.05, 0) is 30.3 Å². The molecule has 0 fully saturated rings. The van der Waals surface area contributed by atoms with E-state index < -0.39 is 12.1 Å². The molecule has 0 saturated heterocycles. The number of halogens is 1. The number of rotatable bonds is 6. The third-order valence-electron chi connectivity index (χ3n) is 4.44. The summed E-state index contributed by atoms with van der Waals surface area (Å²) in [5.74, 6) is 5.13. The van der Waals surface area contributed by atoms with E-state index >= 15 is 0 Å². The first-order valence-electron chi connectivity index (χ1n) is 9.15. The van der Waals surface area contributed by atoms with Gasteiger partial charge in [0.15, 0.2) is 5.69 Å². The van der Waals surface area contributed by atoms with Gasteiger partial charge >= 0.3 is 5.97 Å². The zero-order valence-electron chi connectivity index (χ0n) is 16.5. The second kappa shape index (κ2) is 9.44. The first-order chi connectivity index (χ1) is 14.4. The summed E-state index contributed by atoms with van der Waals surface area (Å²) >= 11 is 6.31. The Hall–Kier alpha value is -3.34. The van der Waals surface area contributed by atoms with E-state index in [1.807, 2.05) is 18.2 Å². The van der Waals surface area contributed by atoms with Gasteiger partial charge in [-0.25, -0.2) is 9.48 Å². The monoisotopic (exact) mass is 425 g/mol. The molecule has 0 aliphatic carbocycles. The lowest BCUT2D eigenvalue weighted by Crippen LogP contribution is -2.21. The predicted molar refractivity (Wildman–Crippen MR) is 114 cm³/mol. The molecule has 1 N–H and O–H groups in total. The molecule has 3 aromatic rings. The molecule has 0 radical (unpaired) electrons. The lowest BCUT2D eigenvalue weighted by molar-refractivity contribution is -0.117. The van der Waals surface area contributed by atoms with Gasteiger partial charge < -0.3 is 14.7 Å². The molecule has 2 aromatic carbocycles. The number of nitrogens with zero attached hydrogens (tertiary/aromatic N) is 3. The topological polar surface area (TPSA) is 84.7 Å². The van der Waals surface area contributed by atoms with Crippen molar-refractivity contribution in [2.75, 3.05) is 20.7 Å². The number of methoxy groups -OCH3 is 1. The van der Waals surface area contributed by atoms with E-state index in [0.29, 0.717) is 46.6 Å². The number of aliphatic hydroxyl groups excluding tert-OH is 1. The highest BCUT2D eigenvalue weighted by atomic mass is 35.5. The minimum atomic E-state index is -0.855. The number of esters is 1. The molecule has 0 aliphatic heterocycles. The lowest BCUT2D eigenvalue weighted by atomic mass is 10.1. The highest BCUT2D eigenvalue weighted by Gasteiger charge is 2.20. The fraction of sp³-hybridized carbons (Fsp3) is 0.227. The molecule has 1 aromatic heterocycles. The summed E-state index contributed by atoms with van der Waals surface area (Å²) in [5, 5.41) is 15.3. The van der Waals surface area contributed by atoms with Crippen molar-refractivity contribution in [2.45, 2.75) is 12.5 Å². The molecule has 7 nitrogen and oxygen atoms in total. The highest BCUT2D eigenvalue weighted by Crippen LogP contribution is 2.29. The smallest absolute Gasteiger partial charge is 0.359 e. The number of fused-ring (bicyclic) bond motifs is 1. The van der Waals surface area contributed by atoms with Crippen LogP contribution in [0.15, 0.2) is 42.5 Å². The molecule has 1 amide bonds. The third kappa shape index (κ3) is 4.62. The lowest BCUT2D eigenvalue weighted by Gasteiger charge is -2.10. The van der Waals surface area contributed by atoms with Crippen molar-refractivity contribution in [1.82, 2.24) is 14.7 Å². The number of ether oxygens (including phenoxy) is 1. The number of aromatic nitrogens is 2. The average Bonchev–Trinajstić information content (AvgIpc) is 3.16. The van der Waals surface area contributed by atoms with Crippen molar-refractivity contribution in [2.24, 2.45) is 0 Å². The Morgan fingerprint density at radius 2 is 2.13 bits per heavy atom. The van der Waals surface area contributed by atoms with Crippen molar-refractivity contribution in [1.29, 1.82) is 0 Å². The maximum atomic E-state index is 12.2. The van der Waals surface area contributed by atoms with E-state index in [2.05, 4.69) is 16.9 Å². The van der Waals surface area contributed by atoms with Crippen LogP contribution in [-0.4, -0.2) is 59.0 Å². The van der Waals surface area contributed by atoms with E-state index in [1.54, 1.807) is 36.0 Å². The fourth-order valence-corrected chi connectivity index (χ4v) is 3.16. The first kappa shape index (κ1) is 21.4. The van der Waals surface area contributed by atoms with Crippen LogP contribution >= 0.6 is 11.6 Å². The van der Waals surface area contributed by atoms with Gasteiger partial charge in [-0.1, -0.05) is 35.6 Å². The summed E-state index contributed by atoms with van der Waals surface area (Å²) in [6.07, 6.45) is 0.200. The minimum Gasteiger partial charge on any atom is -0.464 e. The molecular weight excluding hydrogens is 406 g/mol. The van der Waals surface area contributed by atoms with Crippen LogP contribution in [0.25, 0.3) is 16.6 Å². The van der Waals surface area contributed by atoms with Gasteiger partial charge in [-0.3, -0.25) is 4.79 Å². The maximum Gasteiger partial charge on any atom is 0.359 e. The molecule has 0 saturated carbocycles. The maximum absolute atomic E-state index is 12.2. The zero-order chi connectivity index (χ0) is 21.7. The molecular formula is C22H20ClN3O4. The molecule has 8 heteroatoms. The molecule has 0 bridgehead atoms. The summed E-state index contributed by atoms with van der Waals surface area (Å²) in [4.78, 5) is 24.2. The van der Waals surface area contributed by atoms with Crippen LogP contribution in [-0.2, 0) is 9.53 Å². The van der Waals surface area contributed by atoms with Gasteiger partial charge in [0.1, 0.15) is 6.10 Å². The van der Waals surface area contributed by atoms with Crippen LogP contribution in [0.3, 0.4) is 0 Å². The summed E-state index contributed by atoms with van der Waals surface area (Å²) in [6.45, 7) is 0.412. The molecule has 154 valence electrons. The zero-order valence-corrected chi connectivity index (χ0v) is 17.3. The Morgan fingerprint density at radius 3 is 2.87 bits per heavy atom. The second-order valence-corrected chi connectivity index (χ2v) is 7.00. The van der Waals surface area contributed by atoms with E-state index in [4.69, 9.17) is 16.3 Å². The van der Waals surface area contributed by atoms with E-state index in [0.717, 1.165) is 0 Å². The number of carbonyl (C=O) groups excluding carboxylic acids is 2.